The lowest BCUT2D eigenvalue weighted by Gasteiger charge is -2.27. The predicted molar refractivity (Wildman–Crippen MR) is 93.4 cm³/mol. The Bertz CT molecular complexity index is 778. The molecule has 0 saturated carbocycles. The lowest BCUT2D eigenvalue weighted by molar-refractivity contribution is 0.0429. The number of amides is 2. The number of rotatable bonds is 1. The van der Waals surface area contributed by atoms with Gasteiger partial charge in [-0.25, -0.2) is 24.1 Å². The lowest BCUT2D eigenvalue weighted by atomic mass is 10.2. The lowest BCUT2D eigenvalue weighted by Crippen LogP contribution is -2.44. The Morgan fingerprint density at radius 2 is 1.56 bits per heavy atom. The first-order valence-corrected chi connectivity index (χ1v) is 8.29. The zero-order valence-corrected chi connectivity index (χ0v) is 16.5. The topological polar surface area (TPSA) is 98.9 Å². The zero-order valence-electron chi connectivity index (χ0n) is 14.9. The summed E-state index contributed by atoms with van der Waals surface area (Å²) < 4.78 is 12.6. The molecule has 2 aromatic rings. The smallest absolute Gasteiger partial charge is 0.425 e. The van der Waals surface area contributed by atoms with Gasteiger partial charge in [0.15, 0.2) is 11.5 Å². The fraction of sp³-hybridized carbons (Fsp3) is 0.533. The van der Waals surface area contributed by atoms with Gasteiger partial charge in [0, 0.05) is 0 Å². The first-order chi connectivity index (χ1) is 11.4. The van der Waals surface area contributed by atoms with E-state index in [1.165, 1.54) is 17.0 Å². The minimum absolute atomic E-state index is 0.0378. The summed E-state index contributed by atoms with van der Waals surface area (Å²) in [4.78, 5) is 34.1. The highest BCUT2D eigenvalue weighted by molar-refractivity contribution is 9.10. The maximum absolute atomic E-state index is 12.6. The molecular formula is C15H20BrN5O4. The highest BCUT2D eigenvalue weighted by Gasteiger charge is 2.35. The summed E-state index contributed by atoms with van der Waals surface area (Å²) in [6.45, 7) is 10.2. The van der Waals surface area contributed by atoms with Crippen molar-refractivity contribution in [2.75, 3.05) is 4.90 Å². The normalized spacial score (nSPS) is 12.1. The number of nitrogens with zero attached hydrogens (tertiary/aromatic N) is 5. The molecule has 2 amide bonds. The van der Waals surface area contributed by atoms with Crippen LogP contribution in [0.4, 0.5) is 15.4 Å². The number of carbonyl (C=O) groups excluding carboxylic acids is 2. The van der Waals surface area contributed by atoms with E-state index in [9.17, 15) is 9.59 Å². The Balaban J connectivity index is 2.53. The molecule has 2 aromatic heterocycles. The van der Waals surface area contributed by atoms with Crippen LogP contribution in [0.3, 0.4) is 0 Å². The number of carbonyl (C=O) groups is 2. The average Bonchev–Trinajstić information content (AvgIpc) is 2.77. The first-order valence-electron chi connectivity index (χ1n) is 7.49. The molecular weight excluding hydrogens is 394 g/mol. The number of halogens is 1. The number of hydrogen-bond acceptors (Lipinski definition) is 7. The summed E-state index contributed by atoms with van der Waals surface area (Å²) >= 11 is 3.28. The minimum Gasteiger partial charge on any atom is -0.443 e. The molecule has 0 aromatic carbocycles. The number of aromatic nitrogens is 4. The van der Waals surface area contributed by atoms with Crippen LogP contribution >= 0.6 is 15.9 Å². The van der Waals surface area contributed by atoms with Crippen LogP contribution < -0.4 is 4.90 Å². The summed E-state index contributed by atoms with van der Waals surface area (Å²) in [6.07, 6.45) is 0.856. The third-order valence-corrected chi connectivity index (χ3v) is 3.15. The third kappa shape index (κ3) is 4.65. The molecule has 136 valence electrons. The second-order valence-electron chi connectivity index (χ2n) is 7.20. The number of imidazole rings is 1. The largest absolute Gasteiger partial charge is 0.443 e. The maximum Gasteiger partial charge on any atom is 0.425 e. The Hall–Kier alpha value is -2.23. The van der Waals surface area contributed by atoms with Crippen LogP contribution in [0, 0.1) is 0 Å². The quantitative estimate of drug-likeness (QED) is 0.704. The van der Waals surface area contributed by atoms with Crippen molar-refractivity contribution >= 4 is 39.6 Å². The fourth-order valence-electron chi connectivity index (χ4n) is 1.80. The summed E-state index contributed by atoms with van der Waals surface area (Å²) in [5, 5.41) is 4.02. The van der Waals surface area contributed by atoms with E-state index >= 15 is 0 Å². The number of anilines is 1. The van der Waals surface area contributed by atoms with Gasteiger partial charge in [0.05, 0.1) is 6.20 Å². The van der Waals surface area contributed by atoms with Gasteiger partial charge in [-0.15, -0.1) is 0 Å². The van der Waals surface area contributed by atoms with Crippen LogP contribution in [-0.4, -0.2) is 43.0 Å². The Labute approximate surface area is 153 Å². The van der Waals surface area contributed by atoms with Crippen LogP contribution in [0.25, 0.3) is 5.65 Å². The van der Waals surface area contributed by atoms with Gasteiger partial charge < -0.3 is 9.47 Å². The highest BCUT2D eigenvalue weighted by atomic mass is 79.9. The Kier molecular flexibility index (Phi) is 5.03. The van der Waals surface area contributed by atoms with Crippen molar-refractivity contribution in [2.45, 2.75) is 52.7 Å². The minimum atomic E-state index is -0.915. The predicted octanol–water partition coefficient (Wildman–Crippen LogP) is 3.56. The van der Waals surface area contributed by atoms with E-state index in [-0.39, 0.29) is 11.5 Å². The second-order valence-corrected chi connectivity index (χ2v) is 8.01. The molecule has 9 nitrogen and oxygen atoms in total. The molecule has 0 fully saturated rings. The van der Waals surface area contributed by atoms with Gasteiger partial charge in [-0.3, -0.25) is 0 Å². The molecule has 0 bridgehead atoms. The van der Waals surface area contributed by atoms with Gasteiger partial charge in [-0.05, 0) is 57.5 Å². The van der Waals surface area contributed by atoms with Gasteiger partial charge in [-0.2, -0.15) is 10.00 Å². The molecule has 2 rings (SSSR count). The van der Waals surface area contributed by atoms with Crippen LogP contribution in [0.1, 0.15) is 41.5 Å². The van der Waals surface area contributed by atoms with Gasteiger partial charge in [0.25, 0.3) is 0 Å². The van der Waals surface area contributed by atoms with Crippen molar-refractivity contribution in [3.8, 4) is 0 Å². The molecule has 0 spiro atoms. The van der Waals surface area contributed by atoms with E-state index in [1.807, 2.05) is 0 Å². The Morgan fingerprint density at radius 1 is 1.04 bits per heavy atom. The van der Waals surface area contributed by atoms with E-state index in [1.54, 1.807) is 41.5 Å². The number of imide groups is 1. The van der Waals surface area contributed by atoms with Crippen molar-refractivity contribution in [1.82, 2.24) is 19.6 Å². The standard InChI is InChI=1S/C15H20BrN5O4/c1-14(2,3)24-12(22)20(13(23)25-15(4,5)6)10-11-17-7-9(16)21(11)19-8-18-10/h7-8H,1-6H3. The highest BCUT2D eigenvalue weighted by Crippen LogP contribution is 2.24. The number of ether oxygens (including phenoxy) is 2. The summed E-state index contributed by atoms with van der Waals surface area (Å²) in [5.74, 6) is -0.0378. The molecule has 0 saturated heterocycles. The van der Waals surface area contributed by atoms with Crippen LogP contribution in [-0.2, 0) is 9.47 Å². The molecule has 25 heavy (non-hydrogen) atoms. The zero-order chi connectivity index (χ0) is 19.0. The van der Waals surface area contributed by atoms with Gasteiger partial charge in [-0.1, -0.05) is 0 Å². The van der Waals surface area contributed by atoms with E-state index in [2.05, 4.69) is 31.0 Å². The van der Waals surface area contributed by atoms with E-state index in [0.717, 1.165) is 0 Å². The van der Waals surface area contributed by atoms with Crippen molar-refractivity contribution in [1.29, 1.82) is 0 Å². The summed E-state index contributed by atoms with van der Waals surface area (Å²) in [6, 6.07) is 0. The van der Waals surface area contributed by atoms with Crippen LogP contribution in [0.2, 0.25) is 0 Å². The molecule has 0 aliphatic heterocycles. The van der Waals surface area contributed by atoms with E-state index < -0.39 is 23.4 Å². The first kappa shape index (κ1) is 19.1. The van der Waals surface area contributed by atoms with E-state index in [4.69, 9.17) is 9.47 Å². The summed E-state index contributed by atoms with van der Waals surface area (Å²) in [5.41, 5.74) is -1.42. The fourth-order valence-corrected chi connectivity index (χ4v) is 2.16. The van der Waals surface area contributed by atoms with Crippen molar-refractivity contribution in [2.24, 2.45) is 0 Å². The Morgan fingerprint density at radius 3 is 2.04 bits per heavy atom. The van der Waals surface area contributed by atoms with Gasteiger partial charge in [0.2, 0.25) is 0 Å². The monoisotopic (exact) mass is 413 g/mol. The van der Waals surface area contributed by atoms with Crippen molar-refractivity contribution in [3.63, 3.8) is 0 Å². The van der Waals surface area contributed by atoms with Crippen LogP contribution in [0.15, 0.2) is 17.1 Å². The van der Waals surface area contributed by atoms with Gasteiger partial charge in [0.1, 0.15) is 22.1 Å². The SMILES string of the molecule is CC(C)(C)OC(=O)N(C(=O)OC(C)(C)C)c1ncnn2c(Br)cnc12. The third-order valence-electron chi connectivity index (χ3n) is 2.61. The molecule has 0 atom stereocenters. The molecule has 0 radical (unpaired) electrons. The van der Waals surface area contributed by atoms with Crippen molar-refractivity contribution < 1.29 is 19.1 Å². The molecule has 0 N–H and O–H groups in total. The van der Waals surface area contributed by atoms with Crippen LogP contribution in [0.5, 0.6) is 0 Å². The van der Waals surface area contributed by atoms with Gasteiger partial charge >= 0.3 is 12.2 Å². The van der Waals surface area contributed by atoms with E-state index in [0.29, 0.717) is 9.50 Å². The molecule has 2 heterocycles. The number of fused-ring (bicyclic) bond motifs is 1. The maximum atomic E-state index is 12.6. The molecule has 0 aliphatic carbocycles. The summed E-state index contributed by atoms with van der Waals surface area (Å²) in [7, 11) is 0. The average molecular weight is 414 g/mol. The number of hydrogen-bond donors (Lipinski definition) is 0. The molecule has 0 aliphatic rings. The van der Waals surface area contributed by atoms with Crippen molar-refractivity contribution in [3.05, 3.63) is 17.1 Å². The molecule has 0 unspecified atom stereocenters. The second kappa shape index (κ2) is 6.58. The molecule has 10 heteroatoms.